The fourth-order valence-corrected chi connectivity index (χ4v) is 2.97. The summed E-state index contributed by atoms with van der Waals surface area (Å²) in [6.45, 7) is 4.70. The molecule has 0 fully saturated rings. The highest BCUT2D eigenvalue weighted by atomic mass is 32.2. The lowest BCUT2D eigenvalue weighted by atomic mass is 10.1. The Hall–Kier alpha value is -2.41. The molecule has 5 nitrogen and oxygen atoms in total. The van der Waals surface area contributed by atoms with Crippen LogP contribution in [0.5, 0.6) is 5.75 Å². The molecule has 0 heterocycles. The number of rotatable bonds is 7. The molecule has 0 aliphatic heterocycles. The molecule has 0 unspecified atom stereocenters. The maximum absolute atomic E-state index is 14.0. The lowest BCUT2D eigenvalue weighted by Crippen LogP contribution is -2.34. The van der Waals surface area contributed by atoms with Crippen LogP contribution in [0.15, 0.2) is 48.5 Å². The second-order valence-electron chi connectivity index (χ2n) is 6.49. The Bertz CT molecular complexity index is 863. The largest absolute Gasteiger partial charge is 0.383 e. The van der Waals surface area contributed by atoms with Crippen molar-refractivity contribution in [3.05, 3.63) is 65.5 Å². The van der Waals surface area contributed by atoms with Crippen LogP contribution >= 0.6 is 0 Å². The van der Waals surface area contributed by atoms with Gasteiger partial charge in [0.15, 0.2) is 0 Å². The zero-order valence-electron chi connectivity index (χ0n) is 15.0. The van der Waals surface area contributed by atoms with Gasteiger partial charge in [-0.1, -0.05) is 38.1 Å². The van der Waals surface area contributed by atoms with E-state index in [1.165, 1.54) is 24.3 Å². The summed E-state index contributed by atoms with van der Waals surface area (Å²) in [5.74, 6) is -0.526. The van der Waals surface area contributed by atoms with Gasteiger partial charge in [-0.2, -0.15) is 8.42 Å². The third kappa shape index (κ3) is 5.84. The van der Waals surface area contributed by atoms with Crippen LogP contribution in [0, 0.1) is 11.7 Å². The topological polar surface area (TPSA) is 63.7 Å². The summed E-state index contributed by atoms with van der Waals surface area (Å²) in [7, 11) is -3.59. The fraction of sp³-hybridized carbons (Fsp3) is 0.316. The smallest absolute Gasteiger partial charge is 0.306 e. The van der Waals surface area contributed by atoms with Gasteiger partial charge in [-0.25, -0.2) is 4.39 Å². The molecule has 0 aromatic heterocycles. The molecule has 7 heteroatoms. The molecule has 0 atom stereocenters. The third-order valence-corrected chi connectivity index (χ3v) is 4.02. The molecule has 0 saturated carbocycles. The Morgan fingerprint density at radius 3 is 2.27 bits per heavy atom. The number of carbonyl (C=O) groups is 1. The highest BCUT2D eigenvalue weighted by Crippen LogP contribution is 2.18. The lowest BCUT2D eigenvalue weighted by Gasteiger charge is -2.25. The van der Waals surface area contributed by atoms with Gasteiger partial charge in [-0.05, 0) is 35.7 Å². The van der Waals surface area contributed by atoms with Gasteiger partial charge in [0.2, 0.25) is 0 Å². The molecule has 0 N–H and O–H groups in total. The highest BCUT2D eigenvalue weighted by molar-refractivity contribution is 7.86. The van der Waals surface area contributed by atoms with Gasteiger partial charge < -0.3 is 9.08 Å². The molecule has 0 aliphatic carbocycles. The molecule has 0 spiro atoms. The van der Waals surface area contributed by atoms with E-state index >= 15 is 0 Å². The number of benzene rings is 2. The maximum atomic E-state index is 14.0. The average Bonchev–Trinajstić information content (AvgIpc) is 2.54. The van der Waals surface area contributed by atoms with Crippen molar-refractivity contribution in [2.75, 3.05) is 12.8 Å². The first-order valence-electron chi connectivity index (χ1n) is 8.18. The van der Waals surface area contributed by atoms with Crippen molar-refractivity contribution in [3.63, 3.8) is 0 Å². The second-order valence-corrected chi connectivity index (χ2v) is 8.07. The zero-order valence-corrected chi connectivity index (χ0v) is 15.8. The molecular weight excluding hydrogens is 357 g/mol. The van der Waals surface area contributed by atoms with Gasteiger partial charge in [-0.3, -0.25) is 4.79 Å². The first-order chi connectivity index (χ1) is 12.2. The molecule has 2 rings (SSSR count). The number of carbonyl (C=O) groups excluding carboxylic acids is 1. The predicted molar refractivity (Wildman–Crippen MR) is 97.9 cm³/mol. The van der Waals surface area contributed by atoms with Crippen LogP contribution in [0.4, 0.5) is 4.39 Å². The zero-order chi connectivity index (χ0) is 19.3. The molecule has 26 heavy (non-hydrogen) atoms. The van der Waals surface area contributed by atoms with Crippen LogP contribution in [0.1, 0.15) is 29.8 Å². The van der Waals surface area contributed by atoms with Crippen LogP contribution in [0.2, 0.25) is 0 Å². The van der Waals surface area contributed by atoms with Gasteiger partial charge >= 0.3 is 10.1 Å². The summed E-state index contributed by atoms with van der Waals surface area (Å²) in [6.07, 6.45) is 0.971. The molecule has 1 amide bonds. The number of hydrogen-bond donors (Lipinski definition) is 0. The first kappa shape index (κ1) is 19.9. The van der Waals surface area contributed by atoms with E-state index in [1.54, 1.807) is 29.2 Å². The quantitative estimate of drug-likeness (QED) is 0.691. The maximum Gasteiger partial charge on any atom is 0.306 e. The molecular formula is C19H22FNO4S. The van der Waals surface area contributed by atoms with Crippen molar-refractivity contribution in [3.8, 4) is 5.75 Å². The Kier molecular flexibility index (Phi) is 6.37. The van der Waals surface area contributed by atoms with Crippen LogP contribution < -0.4 is 4.18 Å². The second kappa shape index (κ2) is 8.31. The number of halogens is 1. The Morgan fingerprint density at radius 2 is 1.73 bits per heavy atom. The number of nitrogens with zero attached hydrogens (tertiary/aromatic N) is 1. The molecule has 2 aromatic carbocycles. The van der Waals surface area contributed by atoms with Crippen molar-refractivity contribution >= 4 is 16.0 Å². The number of amides is 1. The SMILES string of the molecule is CC(C)CN(Cc1ccc(OS(C)(=O)=O)cc1)C(=O)c1ccccc1F. The standard InChI is InChI=1S/C19H22FNO4S/c1-14(2)12-21(19(22)17-6-4-5-7-18(17)20)13-15-8-10-16(11-9-15)25-26(3,23)24/h4-11,14H,12-13H2,1-3H3. The van der Waals surface area contributed by atoms with E-state index in [2.05, 4.69) is 0 Å². The van der Waals surface area contributed by atoms with Gasteiger partial charge in [-0.15, -0.1) is 0 Å². The van der Waals surface area contributed by atoms with Crippen molar-refractivity contribution in [1.29, 1.82) is 0 Å². The van der Waals surface area contributed by atoms with Crippen molar-refractivity contribution < 1.29 is 21.8 Å². The minimum atomic E-state index is -3.59. The molecule has 2 aromatic rings. The van der Waals surface area contributed by atoms with Gasteiger partial charge in [0.1, 0.15) is 11.6 Å². The van der Waals surface area contributed by atoms with Crippen LogP contribution in [-0.4, -0.2) is 32.0 Å². The first-order valence-corrected chi connectivity index (χ1v) is 9.99. The summed E-state index contributed by atoms with van der Waals surface area (Å²) < 4.78 is 41.1. The van der Waals surface area contributed by atoms with E-state index in [0.717, 1.165) is 11.8 Å². The average molecular weight is 379 g/mol. The van der Waals surface area contributed by atoms with Crippen molar-refractivity contribution in [2.45, 2.75) is 20.4 Å². The summed E-state index contributed by atoms with van der Waals surface area (Å²) in [4.78, 5) is 14.3. The van der Waals surface area contributed by atoms with Crippen LogP contribution in [0.3, 0.4) is 0 Å². The highest BCUT2D eigenvalue weighted by Gasteiger charge is 2.20. The molecule has 0 aliphatic rings. The van der Waals surface area contributed by atoms with Gasteiger partial charge in [0, 0.05) is 13.1 Å². The van der Waals surface area contributed by atoms with Gasteiger partial charge in [0.05, 0.1) is 11.8 Å². The summed E-state index contributed by atoms with van der Waals surface area (Å²) in [5.41, 5.74) is 0.821. The van der Waals surface area contributed by atoms with E-state index in [-0.39, 0.29) is 29.7 Å². The molecule has 0 radical (unpaired) electrons. The summed E-state index contributed by atoms with van der Waals surface area (Å²) in [6, 6.07) is 12.3. The van der Waals surface area contributed by atoms with E-state index in [4.69, 9.17) is 4.18 Å². The van der Waals surface area contributed by atoms with Crippen LogP contribution in [0.25, 0.3) is 0 Å². The molecule has 0 bridgehead atoms. The summed E-state index contributed by atoms with van der Waals surface area (Å²) in [5, 5.41) is 0. The van der Waals surface area contributed by atoms with E-state index in [0.29, 0.717) is 6.54 Å². The van der Waals surface area contributed by atoms with E-state index in [1.807, 2.05) is 13.8 Å². The normalized spacial score (nSPS) is 11.4. The molecule has 0 saturated heterocycles. The van der Waals surface area contributed by atoms with Gasteiger partial charge in [0.25, 0.3) is 5.91 Å². The van der Waals surface area contributed by atoms with Crippen LogP contribution in [-0.2, 0) is 16.7 Å². The Morgan fingerprint density at radius 1 is 1.12 bits per heavy atom. The predicted octanol–water partition coefficient (Wildman–Crippen LogP) is 3.46. The third-order valence-electron chi connectivity index (χ3n) is 3.52. The molecule has 140 valence electrons. The Balaban J connectivity index is 2.20. The van der Waals surface area contributed by atoms with E-state index < -0.39 is 15.9 Å². The minimum absolute atomic E-state index is 0.0326. The fourth-order valence-electron chi connectivity index (χ4n) is 2.51. The Labute approximate surface area is 153 Å². The van der Waals surface area contributed by atoms with Crippen molar-refractivity contribution in [1.82, 2.24) is 4.90 Å². The lowest BCUT2D eigenvalue weighted by molar-refractivity contribution is 0.0718. The minimum Gasteiger partial charge on any atom is -0.383 e. The number of hydrogen-bond acceptors (Lipinski definition) is 4. The van der Waals surface area contributed by atoms with Crippen molar-refractivity contribution in [2.24, 2.45) is 5.92 Å². The summed E-state index contributed by atoms with van der Waals surface area (Å²) >= 11 is 0. The van der Waals surface area contributed by atoms with E-state index in [9.17, 15) is 17.6 Å². The monoisotopic (exact) mass is 379 g/mol.